The van der Waals surface area contributed by atoms with Gasteiger partial charge in [-0.2, -0.15) is 0 Å². The van der Waals surface area contributed by atoms with Crippen LogP contribution in [0.5, 0.6) is 5.75 Å². The molecule has 3 nitrogen and oxygen atoms in total. The van der Waals surface area contributed by atoms with Crippen LogP contribution in [0.15, 0.2) is 102 Å². The molecule has 0 spiro atoms. The van der Waals surface area contributed by atoms with Gasteiger partial charge in [0, 0.05) is 37.5 Å². The van der Waals surface area contributed by atoms with Crippen molar-refractivity contribution in [3.63, 3.8) is 0 Å². The van der Waals surface area contributed by atoms with E-state index in [0.717, 1.165) is 37.9 Å². The smallest absolute Gasteiger partial charge is 0.188 e. The summed E-state index contributed by atoms with van der Waals surface area (Å²) in [5.74, 6) is 0.979. The van der Waals surface area contributed by atoms with Crippen LogP contribution in [0.3, 0.4) is 0 Å². The first kappa shape index (κ1) is 29.7. The lowest BCUT2D eigenvalue weighted by atomic mass is 9.85. The van der Waals surface area contributed by atoms with Crippen molar-refractivity contribution in [3.05, 3.63) is 130 Å². The van der Waals surface area contributed by atoms with Crippen LogP contribution in [0.2, 0.25) is 0 Å². The zero-order chi connectivity index (χ0) is 28.2. The largest absolute Gasteiger partial charge is 0.467 e. The Labute approximate surface area is 242 Å². The number of rotatable bonds is 14. The van der Waals surface area contributed by atoms with Gasteiger partial charge in [-0.05, 0) is 52.4 Å². The van der Waals surface area contributed by atoms with E-state index in [1.54, 1.807) is 7.11 Å². The number of nitrogens with zero attached hydrogens (tertiary/aromatic N) is 1. The number of hydrogen-bond acceptors (Lipinski definition) is 3. The molecule has 40 heavy (non-hydrogen) atoms. The van der Waals surface area contributed by atoms with E-state index in [9.17, 15) is 0 Å². The van der Waals surface area contributed by atoms with E-state index in [1.807, 2.05) is 13.3 Å². The quantitative estimate of drug-likeness (QED) is 0.0896. The molecule has 4 rings (SSSR count). The Bertz CT molecular complexity index is 1370. The van der Waals surface area contributed by atoms with Crippen LogP contribution in [0.1, 0.15) is 66.5 Å². The molecule has 4 aromatic rings. The number of hydrogen-bond donors (Lipinski definition) is 0. The molecule has 0 saturated heterocycles. The van der Waals surface area contributed by atoms with Crippen LogP contribution in [0.4, 0.5) is 0 Å². The van der Waals surface area contributed by atoms with Crippen molar-refractivity contribution in [2.75, 3.05) is 21.0 Å². The van der Waals surface area contributed by atoms with Gasteiger partial charge in [0.1, 0.15) is 5.75 Å². The minimum Gasteiger partial charge on any atom is -0.467 e. The molecule has 0 amide bonds. The maximum absolute atomic E-state index is 6.52. The van der Waals surface area contributed by atoms with Crippen LogP contribution in [0, 0.1) is 0 Å². The van der Waals surface area contributed by atoms with Crippen LogP contribution in [-0.2, 0) is 22.7 Å². The molecular formula is C36H42NO2P. The lowest BCUT2D eigenvalue weighted by Gasteiger charge is -2.36. The fourth-order valence-electron chi connectivity index (χ4n) is 5.55. The van der Waals surface area contributed by atoms with E-state index in [-0.39, 0.29) is 11.9 Å². The topological polar surface area (TPSA) is 30.8 Å². The third-order valence-electron chi connectivity index (χ3n) is 7.43. The molecule has 0 saturated carbocycles. The standard InChI is InChI=1S/C36H42NO2P/c1-5-21-36(6-2,40-34-20-14-13-19-31(34)26-37-3)33-25-30(22-28-15-9-7-10-16-28)24-32(35(33)39-27-38-4)23-29-17-11-8-12-18-29/h7-20,24-26,40H,5-6,21-23,27H2,1-4H3/b37-26+. The Morgan fingerprint density at radius 1 is 0.800 bits per heavy atom. The summed E-state index contributed by atoms with van der Waals surface area (Å²) in [6, 6.07) is 34.9. The average Bonchev–Trinajstić information content (AvgIpc) is 2.98. The summed E-state index contributed by atoms with van der Waals surface area (Å²) in [5.41, 5.74) is 7.62. The van der Waals surface area contributed by atoms with E-state index in [1.165, 1.54) is 38.7 Å². The van der Waals surface area contributed by atoms with Gasteiger partial charge in [0.25, 0.3) is 0 Å². The van der Waals surface area contributed by atoms with Gasteiger partial charge in [0.2, 0.25) is 0 Å². The summed E-state index contributed by atoms with van der Waals surface area (Å²) in [4.78, 5) is 4.36. The van der Waals surface area contributed by atoms with Crippen molar-refractivity contribution in [2.24, 2.45) is 4.99 Å². The molecule has 0 radical (unpaired) electrons. The summed E-state index contributed by atoms with van der Waals surface area (Å²) >= 11 is 0. The summed E-state index contributed by atoms with van der Waals surface area (Å²) in [7, 11) is 4.12. The number of aliphatic imine (C=N–C) groups is 1. The van der Waals surface area contributed by atoms with Crippen molar-refractivity contribution < 1.29 is 9.47 Å². The first-order valence-electron chi connectivity index (χ1n) is 14.3. The van der Waals surface area contributed by atoms with Crippen molar-refractivity contribution in [1.29, 1.82) is 0 Å². The second kappa shape index (κ2) is 14.9. The molecule has 0 aromatic heterocycles. The molecule has 4 aromatic carbocycles. The predicted octanol–water partition coefficient (Wildman–Crippen LogP) is 8.31. The highest BCUT2D eigenvalue weighted by atomic mass is 31.1. The van der Waals surface area contributed by atoms with Gasteiger partial charge < -0.3 is 9.47 Å². The highest BCUT2D eigenvalue weighted by Crippen LogP contribution is 2.52. The average molecular weight is 552 g/mol. The molecule has 0 bridgehead atoms. The van der Waals surface area contributed by atoms with E-state index < -0.39 is 0 Å². The Balaban J connectivity index is 1.93. The Morgan fingerprint density at radius 3 is 2.08 bits per heavy atom. The zero-order valence-corrected chi connectivity index (χ0v) is 25.3. The van der Waals surface area contributed by atoms with E-state index in [2.05, 4.69) is 116 Å². The predicted molar refractivity (Wildman–Crippen MR) is 172 cm³/mol. The van der Waals surface area contributed by atoms with Crippen LogP contribution in [-0.4, -0.2) is 27.2 Å². The summed E-state index contributed by atoms with van der Waals surface area (Å²) in [6.07, 6.45) is 6.86. The summed E-state index contributed by atoms with van der Waals surface area (Å²) in [5, 5.41) is 1.27. The second-order valence-electron chi connectivity index (χ2n) is 10.3. The molecule has 2 atom stereocenters. The molecule has 4 heteroatoms. The molecule has 208 valence electrons. The first-order chi connectivity index (χ1) is 19.6. The molecule has 0 N–H and O–H groups in total. The van der Waals surface area contributed by atoms with E-state index in [4.69, 9.17) is 9.47 Å². The first-order valence-corrected chi connectivity index (χ1v) is 15.3. The lowest BCUT2D eigenvalue weighted by molar-refractivity contribution is 0.0492. The zero-order valence-electron chi connectivity index (χ0n) is 24.3. The maximum Gasteiger partial charge on any atom is 0.188 e. The maximum atomic E-state index is 6.52. The van der Waals surface area contributed by atoms with Gasteiger partial charge in [0.05, 0.1) is 0 Å². The van der Waals surface area contributed by atoms with E-state index in [0.29, 0.717) is 8.58 Å². The lowest BCUT2D eigenvalue weighted by Crippen LogP contribution is -2.26. The van der Waals surface area contributed by atoms with Gasteiger partial charge in [0.15, 0.2) is 6.79 Å². The Kier molecular flexibility index (Phi) is 11.1. The molecule has 2 unspecified atom stereocenters. The normalized spacial score (nSPS) is 13.2. The summed E-state index contributed by atoms with van der Waals surface area (Å²) < 4.78 is 12.0. The number of ether oxygens (including phenoxy) is 2. The third-order valence-corrected chi connectivity index (χ3v) is 9.51. The molecule has 0 heterocycles. The van der Waals surface area contributed by atoms with Crippen molar-refractivity contribution in [2.45, 2.75) is 51.1 Å². The number of benzene rings is 4. The molecule has 0 fully saturated rings. The SMILES string of the molecule is CCCC(CC)(Pc1ccccc1/C=N/C)c1cc(Cc2ccccc2)cc(Cc2ccccc2)c1OCOC. The van der Waals surface area contributed by atoms with Gasteiger partial charge >= 0.3 is 0 Å². The van der Waals surface area contributed by atoms with E-state index >= 15 is 0 Å². The Morgan fingerprint density at radius 2 is 1.45 bits per heavy atom. The molecular weight excluding hydrogens is 509 g/mol. The highest BCUT2D eigenvalue weighted by molar-refractivity contribution is 7.48. The van der Waals surface area contributed by atoms with Gasteiger partial charge in [-0.25, -0.2) is 0 Å². The van der Waals surface area contributed by atoms with Crippen LogP contribution in [0.25, 0.3) is 0 Å². The molecule has 0 aliphatic heterocycles. The van der Waals surface area contributed by atoms with Gasteiger partial charge in [-0.15, -0.1) is 0 Å². The van der Waals surface area contributed by atoms with Crippen molar-refractivity contribution in [1.82, 2.24) is 0 Å². The third kappa shape index (κ3) is 7.47. The minimum absolute atomic E-state index is 0.0757. The Hall–Kier alpha value is -3.26. The highest BCUT2D eigenvalue weighted by Gasteiger charge is 2.35. The minimum atomic E-state index is -0.0757. The molecule has 0 aliphatic rings. The van der Waals surface area contributed by atoms with Gasteiger partial charge in [-0.3, -0.25) is 4.99 Å². The fourth-order valence-corrected chi connectivity index (χ4v) is 7.41. The van der Waals surface area contributed by atoms with Crippen LogP contribution >= 0.6 is 8.58 Å². The van der Waals surface area contributed by atoms with Crippen LogP contribution < -0.4 is 10.0 Å². The van der Waals surface area contributed by atoms with Gasteiger partial charge in [-0.1, -0.05) is 126 Å². The molecule has 0 aliphatic carbocycles. The number of methoxy groups -OCH3 is 1. The van der Waals surface area contributed by atoms with Crippen molar-refractivity contribution in [3.8, 4) is 5.75 Å². The summed E-state index contributed by atoms with van der Waals surface area (Å²) in [6.45, 7) is 4.85. The monoisotopic (exact) mass is 551 g/mol. The fraction of sp³-hybridized carbons (Fsp3) is 0.306. The second-order valence-corrected chi connectivity index (χ2v) is 12.0. The van der Waals surface area contributed by atoms with Crippen molar-refractivity contribution >= 4 is 20.1 Å².